The minimum atomic E-state index is -4.93. The number of carboxylic acids is 1. The molecule has 0 saturated heterocycles. The summed E-state index contributed by atoms with van der Waals surface area (Å²) in [5.41, 5.74) is -2.55. The number of halogens is 5. The van der Waals surface area contributed by atoms with Gasteiger partial charge in [-0.2, -0.15) is 18.3 Å². The van der Waals surface area contributed by atoms with Crippen LogP contribution in [0.15, 0.2) is 18.6 Å². The minimum absolute atomic E-state index is 0.0405. The van der Waals surface area contributed by atoms with Crippen LogP contribution >= 0.6 is 23.2 Å². The molecule has 208 valence electrons. The smallest absolute Gasteiger partial charge is 0.433 e. The first kappa shape index (κ1) is 29.9. The van der Waals surface area contributed by atoms with E-state index in [1.54, 1.807) is 27.7 Å². The molecule has 1 unspecified atom stereocenters. The molecule has 2 aromatic heterocycles. The summed E-state index contributed by atoms with van der Waals surface area (Å²) in [4.78, 5) is 43.0. The predicted molar refractivity (Wildman–Crippen MR) is 134 cm³/mol. The Kier molecular flexibility index (Phi) is 8.82. The maximum atomic E-state index is 14.4. The second-order valence-electron chi connectivity index (χ2n) is 10.9. The first-order valence-corrected chi connectivity index (χ1v) is 12.8. The zero-order chi connectivity index (χ0) is 28.6. The van der Waals surface area contributed by atoms with Gasteiger partial charge in [0.2, 0.25) is 0 Å². The van der Waals surface area contributed by atoms with Crippen LogP contribution in [0.3, 0.4) is 0 Å². The van der Waals surface area contributed by atoms with Crippen molar-refractivity contribution in [2.45, 2.75) is 59.2 Å². The highest BCUT2D eigenvalue weighted by molar-refractivity contribution is 6.39. The molecular weight excluding hydrogens is 548 g/mol. The van der Waals surface area contributed by atoms with Gasteiger partial charge in [0.25, 0.3) is 5.91 Å². The molecule has 0 radical (unpaired) electrons. The van der Waals surface area contributed by atoms with Crippen LogP contribution in [0.25, 0.3) is 0 Å². The highest BCUT2D eigenvalue weighted by Gasteiger charge is 2.44. The number of carbonyl (C=O) groups is 3. The molecule has 38 heavy (non-hydrogen) atoms. The molecule has 2 heterocycles. The average molecular weight is 577 g/mol. The van der Waals surface area contributed by atoms with Gasteiger partial charge in [0.15, 0.2) is 11.5 Å². The summed E-state index contributed by atoms with van der Waals surface area (Å²) in [6, 6.07) is -0.731. The van der Waals surface area contributed by atoms with Crippen molar-refractivity contribution in [3.63, 3.8) is 0 Å². The SMILES string of the molecule is CC1C[C@H](n2ncc(C(=O)N(CC(=O)c3c(Cl)cncc3Cl)CC(C)(C)C)c2C(F)(F)F)CC[C@H]1C(=O)O. The fraction of sp³-hybridized carbons (Fsp3) is 0.560. The van der Waals surface area contributed by atoms with E-state index in [2.05, 4.69) is 10.1 Å². The Labute approximate surface area is 228 Å². The van der Waals surface area contributed by atoms with E-state index in [1.807, 2.05) is 0 Å². The van der Waals surface area contributed by atoms with Crippen molar-refractivity contribution in [2.24, 2.45) is 17.3 Å². The minimum Gasteiger partial charge on any atom is -0.481 e. The number of hydrogen-bond acceptors (Lipinski definition) is 5. The van der Waals surface area contributed by atoms with E-state index in [0.29, 0.717) is 0 Å². The molecule has 2 aromatic rings. The van der Waals surface area contributed by atoms with Crippen LogP contribution in [0.5, 0.6) is 0 Å². The number of aromatic nitrogens is 3. The number of alkyl halides is 3. The molecule has 1 saturated carbocycles. The normalized spacial score (nSPS) is 20.3. The van der Waals surface area contributed by atoms with Gasteiger partial charge in [-0.15, -0.1) is 0 Å². The van der Waals surface area contributed by atoms with Crippen molar-refractivity contribution in [3.8, 4) is 0 Å². The molecule has 1 aliphatic rings. The Morgan fingerprint density at radius 1 is 1.11 bits per heavy atom. The standard InChI is InChI=1S/C25H29Cl2F3N4O4/c1-13-7-14(5-6-15(13)23(37)38)34-21(25(28,29)30)16(8-32-34)22(36)33(12-24(2,3)4)11-19(35)20-17(26)9-31-10-18(20)27/h8-10,13-15H,5-7,11-12H2,1-4H3,(H,37,38)/t13?,14-,15-/m1/s1. The van der Waals surface area contributed by atoms with Crippen LogP contribution in [-0.4, -0.2) is 55.5 Å². The van der Waals surface area contributed by atoms with Crippen LogP contribution < -0.4 is 0 Å². The van der Waals surface area contributed by atoms with Crippen LogP contribution in [0.4, 0.5) is 13.2 Å². The summed E-state index contributed by atoms with van der Waals surface area (Å²) >= 11 is 12.2. The van der Waals surface area contributed by atoms with Gasteiger partial charge in [-0.25, -0.2) is 0 Å². The van der Waals surface area contributed by atoms with E-state index < -0.39 is 59.0 Å². The third kappa shape index (κ3) is 6.66. The van der Waals surface area contributed by atoms with Crippen molar-refractivity contribution >= 4 is 40.9 Å². The number of aliphatic carboxylic acids is 1. The molecule has 0 aliphatic heterocycles. The van der Waals surface area contributed by atoms with E-state index in [1.165, 1.54) is 12.4 Å². The summed E-state index contributed by atoms with van der Waals surface area (Å²) < 4.78 is 43.9. The molecule has 3 atom stereocenters. The molecule has 8 nitrogen and oxygen atoms in total. The third-order valence-corrected chi connectivity index (χ3v) is 7.09. The first-order chi connectivity index (χ1) is 17.5. The molecule has 13 heteroatoms. The average Bonchev–Trinajstić information content (AvgIpc) is 3.22. The molecule has 1 N–H and O–H groups in total. The first-order valence-electron chi connectivity index (χ1n) is 12.0. The molecule has 1 amide bonds. The number of hydrogen-bond donors (Lipinski definition) is 1. The lowest BCUT2D eigenvalue weighted by molar-refractivity contribution is -0.149. The number of carbonyl (C=O) groups excluding carboxylic acids is 2. The zero-order valence-corrected chi connectivity index (χ0v) is 22.9. The maximum absolute atomic E-state index is 14.4. The van der Waals surface area contributed by atoms with Crippen molar-refractivity contribution in [3.05, 3.63) is 45.5 Å². The number of amides is 1. The lowest BCUT2D eigenvalue weighted by Gasteiger charge is -2.33. The lowest BCUT2D eigenvalue weighted by Crippen LogP contribution is -2.42. The summed E-state index contributed by atoms with van der Waals surface area (Å²) in [6.07, 6.45) is -1.11. The zero-order valence-electron chi connectivity index (χ0n) is 21.4. The number of carboxylic acid groups (broad SMARTS) is 1. The van der Waals surface area contributed by atoms with Gasteiger partial charge in [0.05, 0.1) is 45.9 Å². The summed E-state index contributed by atoms with van der Waals surface area (Å²) in [5, 5.41) is 13.2. The molecule has 3 rings (SSSR count). The van der Waals surface area contributed by atoms with E-state index in [0.717, 1.165) is 15.8 Å². The molecule has 1 aliphatic carbocycles. The van der Waals surface area contributed by atoms with Gasteiger partial charge >= 0.3 is 12.1 Å². The lowest BCUT2D eigenvalue weighted by atomic mass is 9.78. The number of pyridine rings is 1. The van der Waals surface area contributed by atoms with Gasteiger partial charge < -0.3 is 10.0 Å². The third-order valence-electron chi connectivity index (χ3n) is 6.52. The molecule has 0 spiro atoms. The van der Waals surface area contributed by atoms with Crippen molar-refractivity contribution in [1.29, 1.82) is 0 Å². The fourth-order valence-electron chi connectivity index (χ4n) is 4.91. The van der Waals surface area contributed by atoms with Gasteiger partial charge in [0.1, 0.15) is 0 Å². The number of ketones is 1. The number of Topliss-reactive ketones (excluding diaryl/α,β-unsaturated/α-hetero) is 1. The quantitative estimate of drug-likeness (QED) is 0.403. The maximum Gasteiger partial charge on any atom is 0.433 e. The Bertz CT molecular complexity index is 1210. The summed E-state index contributed by atoms with van der Waals surface area (Å²) in [5.74, 6) is -3.68. The van der Waals surface area contributed by atoms with Crippen LogP contribution in [0, 0.1) is 17.3 Å². The fourth-order valence-corrected chi connectivity index (χ4v) is 5.48. The van der Waals surface area contributed by atoms with Crippen LogP contribution in [0.2, 0.25) is 10.0 Å². The van der Waals surface area contributed by atoms with Gasteiger partial charge in [0, 0.05) is 18.9 Å². The van der Waals surface area contributed by atoms with Crippen molar-refractivity contribution in [1.82, 2.24) is 19.7 Å². The van der Waals surface area contributed by atoms with Crippen LogP contribution in [0.1, 0.15) is 79.4 Å². The monoisotopic (exact) mass is 576 g/mol. The van der Waals surface area contributed by atoms with Crippen LogP contribution in [-0.2, 0) is 11.0 Å². The topological polar surface area (TPSA) is 105 Å². The molecular formula is C25H29Cl2F3N4O4. The molecule has 0 bridgehead atoms. The Morgan fingerprint density at radius 3 is 2.21 bits per heavy atom. The highest BCUT2D eigenvalue weighted by atomic mass is 35.5. The highest BCUT2D eigenvalue weighted by Crippen LogP contribution is 2.41. The molecule has 0 aromatic carbocycles. The number of rotatable bonds is 7. The van der Waals surface area contributed by atoms with Gasteiger partial charge in [-0.3, -0.25) is 24.0 Å². The van der Waals surface area contributed by atoms with Gasteiger partial charge in [-0.1, -0.05) is 50.9 Å². The van der Waals surface area contributed by atoms with Crippen molar-refractivity contribution in [2.75, 3.05) is 13.1 Å². The summed E-state index contributed by atoms with van der Waals surface area (Å²) in [6.45, 7) is 6.41. The van der Waals surface area contributed by atoms with E-state index >= 15 is 0 Å². The Hall–Kier alpha value is -2.66. The Morgan fingerprint density at radius 2 is 1.71 bits per heavy atom. The second-order valence-corrected chi connectivity index (χ2v) is 11.7. The van der Waals surface area contributed by atoms with Crippen molar-refractivity contribution < 1.29 is 32.7 Å². The summed E-state index contributed by atoms with van der Waals surface area (Å²) in [7, 11) is 0. The molecule has 1 fully saturated rings. The predicted octanol–water partition coefficient (Wildman–Crippen LogP) is 6.04. The van der Waals surface area contributed by atoms with E-state index in [4.69, 9.17) is 23.2 Å². The number of nitrogens with zero attached hydrogens (tertiary/aromatic N) is 4. The van der Waals surface area contributed by atoms with Gasteiger partial charge in [-0.05, 0) is 30.6 Å². The largest absolute Gasteiger partial charge is 0.481 e. The second kappa shape index (κ2) is 11.2. The van der Waals surface area contributed by atoms with E-state index in [-0.39, 0.29) is 47.3 Å². The van der Waals surface area contributed by atoms with E-state index in [9.17, 15) is 32.7 Å². The Balaban J connectivity index is 1.99.